The van der Waals surface area contributed by atoms with Crippen LogP contribution in [0.15, 0.2) is 48.5 Å². The number of amides is 1. The molecule has 2 aromatic rings. The lowest BCUT2D eigenvalue weighted by molar-refractivity contribution is -0.385. The summed E-state index contributed by atoms with van der Waals surface area (Å²) < 4.78 is 0. The third-order valence-corrected chi connectivity index (χ3v) is 4.12. The minimum absolute atomic E-state index is 0.0747. The van der Waals surface area contributed by atoms with Crippen molar-refractivity contribution in [2.75, 3.05) is 13.1 Å². The summed E-state index contributed by atoms with van der Waals surface area (Å²) in [6.07, 6.45) is 0. The fourth-order valence-corrected chi connectivity index (χ4v) is 2.57. The van der Waals surface area contributed by atoms with E-state index >= 15 is 0 Å². The Kier molecular flexibility index (Phi) is 6.65. The van der Waals surface area contributed by atoms with E-state index in [4.69, 9.17) is 0 Å². The van der Waals surface area contributed by atoms with Gasteiger partial charge < -0.3 is 5.32 Å². The third-order valence-electron chi connectivity index (χ3n) is 4.12. The van der Waals surface area contributed by atoms with E-state index in [1.54, 1.807) is 12.1 Å². The number of benzene rings is 2. The van der Waals surface area contributed by atoms with Crippen molar-refractivity contribution in [3.63, 3.8) is 0 Å². The molecule has 2 rings (SSSR count). The van der Waals surface area contributed by atoms with E-state index < -0.39 is 10.8 Å². The van der Waals surface area contributed by atoms with Crippen LogP contribution in [0.2, 0.25) is 0 Å². The van der Waals surface area contributed by atoms with Crippen LogP contribution in [-0.4, -0.2) is 28.8 Å². The summed E-state index contributed by atoms with van der Waals surface area (Å²) >= 11 is 0. The van der Waals surface area contributed by atoms with Crippen molar-refractivity contribution in [1.29, 1.82) is 0 Å². The Balaban J connectivity index is 1.97. The molecule has 0 radical (unpaired) electrons. The van der Waals surface area contributed by atoms with E-state index in [1.807, 2.05) is 24.3 Å². The highest BCUT2D eigenvalue weighted by Crippen LogP contribution is 2.17. The van der Waals surface area contributed by atoms with Crippen molar-refractivity contribution >= 4 is 11.6 Å². The van der Waals surface area contributed by atoms with Crippen molar-refractivity contribution < 1.29 is 9.72 Å². The van der Waals surface area contributed by atoms with E-state index in [-0.39, 0.29) is 11.3 Å². The normalized spacial score (nSPS) is 10.7. The van der Waals surface area contributed by atoms with Crippen LogP contribution >= 0.6 is 0 Å². The fourth-order valence-electron chi connectivity index (χ4n) is 2.57. The van der Waals surface area contributed by atoms with E-state index in [2.05, 4.69) is 24.1 Å². The first-order chi connectivity index (χ1) is 12.0. The highest BCUT2D eigenvalue weighted by Gasteiger charge is 2.18. The Morgan fingerprint density at radius 1 is 1.04 bits per heavy atom. The molecule has 0 spiro atoms. The minimum atomic E-state index is -0.545. The van der Waals surface area contributed by atoms with Crippen LogP contribution in [0.5, 0.6) is 0 Å². The van der Waals surface area contributed by atoms with Crippen molar-refractivity contribution in [2.24, 2.45) is 0 Å². The maximum atomic E-state index is 12.2. The molecule has 1 N–H and O–H groups in total. The first kappa shape index (κ1) is 18.6. The van der Waals surface area contributed by atoms with Crippen LogP contribution in [-0.2, 0) is 13.1 Å². The van der Waals surface area contributed by atoms with Gasteiger partial charge in [0.05, 0.1) is 4.92 Å². The van der Waals surface area contributed by atoms with Gasteiger partial charge in [-0.05, 0) is 30.3 Å². The average Bonchev–Trinajstić information content (AvgIpc) is 2.65. The van der Waals surface area contributed by atoms with Gasteiger partial charge in [-0.3, -0.25) is 19.8 Å². The number of hydrogen-bond acceptors (Lipinski definition) is 4. The molecule has 25 heavy (non-hydrogen) atoms. The number of nitrogens with zero attached hydrogens (tertiary/aromatic N) is 2. The van der Waals surface area contributed by atoms with E-state index in [0.717, 1.165) is 25.2 Å². The van der Waals surface area contributed by atoms with Gasteiger partial charge in [-0.2, -0.15) is 0 Å². The van der Waals surface area contributed by atoms with E-state index in [0.29, 0.717) is 6.54 Å². The van der Waals surface area contributed by atoms with Crippen LogP contribution < -0.4 is 5.32 Å². The Morgan fingerprint density at radius 2 is 1.64 bits per heavy atom. The van der Waals surface area contributed by atoms with Crippen LogP contribution in [0.1, 0.15) is 35.3 Å². The molecular weight excluding hydrogens is 318 g/mol. The number of para-hydroxylation sites is 1. The number of carbonyl (C=O) groups is 1. The maximum absolute atomic E-state index is 12.2. The lowest BCUT2D eigenvalue weighted by Gasteiger charge is -2.18. The van der Waals surface area contributed by atoms with Gasteiger partial charge in [-0.15, -0.1) is 0 Å². The first-order valence-corrected chi connectivity index (χ1v) is 8.37. The average molecular weight is 341 g/mol. The molecule has 0 unspecified atom stereocenters. The zero-order valence-corrected chi connectivity index (χ0v) is 14.6. The molecule has 6 heteroatoms. The van der Waals surface area contributed by atoms with Gasteiger partial charge in [0.25, 0.3) is 11.6 Å². The molecular formula is C19H23N3O3. The summed E-state index contributed by atoms with van der Waals surface area (Å²) in [6, 6.07) is 14.0. The lowest BCUT2D eigenvalue weighted by Crippen LogP contribution is -2.24. The van der Waals surface area contributed by atoms with E-state index in [1.165, 1.54) is 17.7 Å². The Hall–Kier alpha value is -2.73. The summed E-state index contributed by atoms with van der Waals surface area (Å²) in [5, 5.41) is 13.7. The Bertz CT molecular complexity index is 725. The number of nitro benzene ring substituents is 1. The van der Waals surface area contributed by atoms with Gasteiger partial charge in [-0.25, -0.2) is 0 Å². The van der Waals surface area contributed by atoms with Gasteiger partial charge in [0.15, 0.2) is 0 Å². The van der Waals surface area contributed by atoms with Gasteiger partial charge in [0, 0.05) is 19.2 Å². The van der Waals surface area contributed by atoms with Crippen LogP contribution in [0.25, 0.3) is 0 Å². The predicted octanol–water partition coefficient (Wildman–Crippen LogP) is 3.37. The summed E-state index contributed by atoms with van der Waals surface area (Å²) in [4.78, 5) is 25.0. The molecule has 132 valence electrons. The summed E-state index contributed by atoms with van der Waals surface area (Å²) in [7, 11) is 0. The van der Waals surface area contributed by atoms with Crippen LogP contribution in [0.4, 0.5) is 5.69 Å². The molecule has 0 saturated heterocycles. The highest BCUT2D eigenvalue weighted by atomic mass is 16.6. The molecule has 2 aromatic carbocycles. The zero-order chi connectivity index (χ0) is 18.2. The van der Waals surface area contributed by atoms with Gasteiger partial charge in [0.1, 0.15) is 5.56 Å². The Labute approximate surface area is 147 Å². The topological polar surface area (TPSA) is 75.5 Å². The molecule has 0 aromatic heterocycles. The molecule has 0 aliphatic rings. The SMILES string of the molecule is CCN(CC)Cc1ccc(CNC(=O)c2ccccc2[N+](=O)[O-])cc1. The number of hydrogen-bond donors (Lipinski definition) is 1. The molecule has 0 aliphatic carbocycles. The second kappa shape index (κ2) is 8.94. The molecule has 0 saturated carbocycles. The Morgan fingerprint density at radius 3 is 2.24 bits per heavy atom. The van der Waals surface area contributed by atoms with Crippen molar-refractivity contribution in [2.45, 2.75) is 26.9 Å². The summed E-state index contributed by atoms with van der Waals surface area (Å²) in [5.41, 5.74) is 2.06. The number of rotatable bonds is 8. The molecule has 0 atom stereocenters. The van der Waals surface area contributed by atoms with Crippen LogP contribution in [0.3, 0.4) is 0 Å². The quantitative estimate of drug-likeness (QED) is 0.590. The largest absolute Gasteiger partial charge is 0.348 e. The molecule has 0 fully saturated rings. The van der Waals surface area contributed by atoms with Gasteiger partial charge >= 0.3 is 0 Å². The third kappa shape index (κ3) is 5.12. The molecule has 0 aliphatic heterocycles. The van der Waals surface area contributed by atoms with Crippen molar-refractivity contribution in [3.05, 3.63) is 75.3 Å². The zero-order valence-electron chi connectivity index (χ0n) is 14.6. The fraction of sp³-hybridized carbons (Fsp3) is 0.316. The molecule has 0 bridgehead atoms. The highest BCUT2D eigenvalue weighted by molar-refractivity contribution is 5.98. The molecule has 1 amide bonds. The second-order valence-electron chi connectivity index (χ2n) is 5.73. The standard InChI is InChI=1S/C19H23N3O3/c1-3-21(4-2)14-16-11-9-15(10-12-16)13-20-19(23)17-7-5-6-8-18(17)22(24)25/h5-12H,3-4,13-14H2,1-2H3,(H,20,23). The minimum Gasteiger partial charge on any atom is -0.348 e. The number of nitro groups is 1. The van der Waals surface area contributed by atoms with Gasteiger partial charge in [0.2, 0.25) is 0 Å². The van der Waals surface area contributed by atoms with E-state index in [9.17, 15) is 14.9 Å². The maximum Gasteiger partial charge on any atom is 0.282 e. The van der Waals surface area contributed by atoms with Crippen LogP contribution in [0, 0.1) is 10.1 Å². The first-order valence-electron chi connectivity index (χ1n) is 8.37. The smallest absolute Gasteiger partial charge is 0.282 e. The second-order valence-corrected chi connectivity index (χ2v) is 5.73. The predicted molar refractivity (Wildman–Crippen MR) is 97.3 cm³/mol. The van der Waals surface area contributed by atoms with Gasteiger partial charge in [-0.1, -0.05) is 50.2 Å². The van der Waals surface area contributed by atoms with Crippen molar-refractivity contribution in [1.82, 2.24) is 10.2 Å². The summed E-state index contributed by atoms with van der Waals surface area (Å²) in [6.45, 7) is 7.51. The molecule has 0 heterocycles. The van der Waals surface area contributed by atoms with Crippen molar-refractivity contribution in [3.8, 4) is 0 Å². The molecule has 6 nitrogen and oxygen atoms in total. The monoisotopic (exact) mass is 341 g/mol. The lowest BCUT2D eigenvalue weighted by atomic mass is 10.1. The summed E-state index contributed by atoms with van der Waals surface area (Å²) in [5.74, 6) is -0.445. The number of nitrogens with one attached hydrogen (secondary N) is 1. The number of carbonyl (C=O) groups excluding carboxylic acids is 1.